The van der Waals surface area contributed by atoms with E-state index in [0.717, 1.165) is 18.7 Å². The van der Waals surface area contributed by atoms with Gasteiger partial charge in [0.15, 0.2) is 5.82 Å². The number of alkyl halides is 3. The van der Waals surface area contributed by atoms with E-state index in [1.54, 1.807) is 10.9 Å². The van der Waals surface area contributed by atoms with Crippen molar-refractivity contribution in [2.45, 2.75) is 50.7 Å². The number of nitrogens with zero attached hydrogens (tertiary/aromatic N) is 3. The van der Waals surface area contributed by atoms with Crippen molar-refractivity contribution in [1.82, 2.24) is 14.8 Å². The van der Waals surface area contributed by atoms with Crippen molar-refractivity contribution in [2.24, 2.45) is 11.7 Å². The standard InChI is InChI=1S/C17H22F3N5O2/c1-9-6-11(26)3-4-13(9)25-8-12(15(21)27)16(24-25)23-10-2-5-14(22-7-10)17(18,19)20/h2,5,7-9,11,13,15,26-27H,3-4,6,21H2,1H3,(H,23,24)/t9-,11+,13-,15?/m0/s1. The van der Waals surface area contributed by atoms with Gasteiger partial charge in [0, 0.05) is 6.20 Å². The average molecular weight is 385 g/mol. The molecule has 2 heterocycles. The predicted molar refractivity (Wildman–Crippen MR) is 92.0 cm³/mol. The van der Waals surface area contributed by atoms with Gasteiger partial charge < -0.3 is 21.3 Å². The van der Waals surface area contributed by atoms with Crippen LogP contribution in [0.3, 0.4) is 0 Å². The average Bonchev–Trinajstić information content (AvgIpc) is 2.98. The van der Waals surface area contributed by atoms with Crippen LogP contribution < -0.4 is 11.1 Å². The van der Waals surface area contributed by atoms with Gasteiger partial charge in [-0.1, -0.05) is 6.92 Å². The van der Waals surface area contributed by atoms with E-state index in [2.05, 4.69) is 15.4 Å². The highest BCUT2D eigenvalue weighted by atomic mass is 19.4. The van der Waals surface area contributed by atoms with Gasteiger partial charge in [0.05, 0.1) is 29.6 Å². The Labute approximate surface area is 154 Å². The lowest BCUT2D eigenvalue weighted by Crippen LogP contribution is -2.28. The molecule has 7 nitrogen and oxygen atoms in total. The van der Waals surface area contributed by atoms with Crippen LogP contribution in [-0.4, -0.2) is 31.1 Å². The van der Waals surface area contributed by atoms with Crippen LogP contribution in [0.25, 0.3) is 0 Å². The summed E-state index contributed by atoms with van der Waals surface area (Å²) in [7, 11) is 0. The Hall–Kier alpha value is -2.17. The molecule has 1 aliphatic rings. The Morgan fingerprint density at radius 3 is 2.63 bits per heavy atom. The lowest BCUT2D eigenvalue weighted by molar-refractivity contribution is -0.141. The number of halogens is 3. The molecule has 0 amide bonds. The monoisotopic (exact) mass is 385 g/mol. The highest BCUT2D eigenvalue weighted by molar-refractivity contribution is 5.58. The largest absolute Gasteiger partial charge is 0.433 e. The Bertz CT molecular complexity index is 776. The van der Waals surface area contributed by atoms with Gasteiger partial charge in [-0.2, -0.15) is 18.3 Å². The third kappa shape index (κ3) is 4.40. The van der Waals surface area contributed by atoms with E-state index in [1.807, 2.05) is 6.92 Å². The molecule has 10 heteroatoms. The van der Waals surface area contributed by atoms with Crippen LogP contribution >= 0.6 is 0 Å². The van der Waals surface area contributed by atoms with Crippen molar-refractivity contribution in [3.05, 3.63) is 35.8 Å². The summed E-state index contributed by atoms with van der Waals surface area (Å²) >= 11 is 0. The molecule has 1 aliphatic carbocycles. The predicted octanol–water partition coefficient (Wildman–Crippen LogP) is 2.71. The molecule has 4 atom stereocenters. The SMILES string of the molecule is C[C@H]1C[C@H](O)CC[C@@H]1n1cc(C(N)O)c(Nc2ccc(C(F)(F)F)nc2)n1. The highest BCUT2D eigenvalue weighted by Gasteiger charge is 2.32. The molecule has 1 saturated carbocycles. The van der Waals surface area contributed by atoms with Crippen LogP contribution in [-0.2, 0) is 6.18 Å². The second-order valence-corrected chi connectivity index (χ2v) is 6.92. The van der Waals surface area contributed by atoms with Crippen molar-refractivity contribution in [3.63, 3.8) is 0 Å². The molecular weight excluding hydrogens is 363 g/mol. The molecule has 0 saturated heterocycles. The third-order valence-electron chi connectivity index (χ3n) is 4.83. The molecule has 0 spiro atoms. The maximum atomic E-state index is 12.6. The molecule has 0 aromatic carbocycles. The van der Waals surface area contributed by atoms with Gasteiger partial charge in [-0.25, -0.2) is 4.98 Å². The first kappa shape index (κ1) is 19.6. The number of rotatable bonds is 4. The fourth-order valence-electron chi connectivity index (χ4n) is 3.41. The van der Waals surface area contributed by atoms with E-state index in [9.17, 15) is 23.4 Å². The van der Waals surface area contributed by atoms with E-state index in [1.165, 1.54) is 6.07 Å². The van der Waals surface area contributed by atoms with Gasteiger partial charge in [0.2, 0.25) is 0 Å². The molecular formula is C17H22F3N5O2. The minimum absolute atomic E-state index is 0.0344. The Kier molecular flexibility index (Phi) is 5.41. The van der Waals surface area contributed by atoms with Crippen LogP contribution in [0.5, 0.6) is 0 Å². The zero-order valence-electron chi connectivity index (χ0n) is 14.7. The summed E-state index contributed by atoms with van der Waals surface area (Å²) in [6, 6.07) is 2.14. The smallest absolute Gasteiger partial charge is 0.393 e. The van der Waals surface area contributed by atoms with Crippen LogP contribution in [0.15, 0.2) is 24.5 Å². The third-order valence-corrected chi connectivity index (χ3v) is 4.83. The number of aromatic nitrogens is 3. The van der Waals surface area contributed by atoms with E-state index in [-0.39, 0.29) is 23.9 Å². The lowest BCUT2D eigenvalue weighted by Gasteiger charge is -2.31. The van der Waals surface area contributed by atoms with Gasteiger partial charge >= 0.3 is 6.18 Å². The second kappa shape index (κ2) is 7.45. The van der Waals surface area contributed by atoms with Crippen molar-refractivity contribution in [2.75, 3.05) is 5.32 Å². The Balaban J connectivity index is 1.83. The van der Waals surface area contributed by atoms with Crippen LogP contribution in [0, 0.1) is 5.92 Å². The number of hydrogen-bond donors (Lipinski definition) is 4. The molecule has 0 bridgehead atoms. The number of pyridine rings is 1. The van der Waals surface area contributed by atoms with Gasteiger partial charge in [-0.3, -0.25) is 4.68 Å². The van der Waals surface area contributed by atoms with Crippen molar-refractivity contribution in [1.29, 1.82) is 0 Å². The first-order valence-electron chi connectivity index (χ1n) is 8.66. The normalized spacial score (nSPS) is 24.6. The van der Waals surface area contributed by atoms with Crippen LogP contribution in [0.2, 0.25) is 0 Å². The summed E-state index contributed by atoms with van der Waals surface area (Å²) < 4.78 is 39.6. The minimum Gasteiger partial charge on any atom is -0.393 e. The Morgan fingerprint density at radius 2 is 2.07 bits per heavy atom. The van der Waals surface area contributed by atoms with E-state index in [0.29, 0.717) is 24.1 Å². The molecule has 1 unspecified atom stereocenters. The highest BCUT2D eigenvalue weighted by Crippen LogP contribution is 2.35. The van der Waals surface area contributed by atoms with E-state index in [4.69, 9.17) is 5.73 Å². The minimum atomic E-state index is -4.51. The summed E-state index contributed by atoms with van der Waals surface area (Å²) in [6.07, 6.45) is -1.43. The summed E-state index contributed by atoms with van der Waals surface area (Å²) in [5.74, 6) is 0.432. The zero-order valence-corrected chi connectivity index (χ0v) is 14.7. The molecule has 0 radical (unpaired) electrons. The molecule has 1 fully saturated rings. The first-order valence-corrected chi connectivity index (χ1v) is 8.66. The number of aliphatic hydroxyl groups is 2. The molecule has 5 N–H and O–H groups in total. The van der Waals surface area contributed by atoms with E-state index < -0.39 is 18.1 Å². The van der Waals surface area contributed by atoms with Gasteiger partial charge in [-0.15, -0.1) is 0 Å². The fraction of sp³-hybridized carbons (Fsp3) is 0.529. The molecule has 27 heavy (non-hydrogen) atoms. The summed E-state index contributed by atoms with van der Waals surface area (Å²) in [5, 5.41) is 26.9. The maximum Gasteiger partial charge on any atom is 0.433 e. The number of nitrogens with one attached hydrogen (secondary N) is 1. The summed E-state index contributed by atoms with van der Waals surface area (Å²) in [6.45, 7) is 2.01. The summed E-state index contributed by atoms with van der Waals surface area (Å²) in [5.41, 5.74) is 5.23. The fourth-order valence-corrected chi connectivity index (χ4v) is 3.41. The van der Waals surface area contributed by atoms with E-state index >= 15 is 0 Å². The summed E-state index contributed by atoms with van der Waals surface area (Å²) in [4.78, 5) is 3.39. The molecule has 3 rings (SSSR count). The van der Waals surface area contributed by atoms with Crippen molar-refractivity contribution >= 4 is 11.5 Å². The first-order chi connectivity index (χ1) is 12.6. The number of aliphatic hydroxyl groups excluding tert-OH is 2. The quantitative estimate of drug-likeness (QED) is 0.603. The van der Waals surface area contributed by atoms with Crippen molar-refractivity contribution in [3.8, 4) is 0 Å². The zero-order chi connectivity index (χ0) is 19.8. The van der Waals surface area contributed by atoms with Crippen molar-refractivity contribution < 1.29 is 23.4 Å². The van der Waals surface area contributed by atoms with Gasteiger partial charge in [0.25, 0.3) is 0 Å². The number of anilines is 2. The lowest BCUT2D eigenvalue weighted by atomic mass is 9.84. The topological polar surface area (TPSA) is 109 Å². The molecule has 2 aromatic heterocycles. The van der Waals surface area contributed by atoms with Gasteiger partial charge in [0.1, 0.15) is 11.9 Å². The maximum absolute atomic E-state index is 12.6. The second-order valence-electron chi connectivity index (χ2n) is 6.92. The number of hydrogen-bond acceptors (Lipinski definition) is 6. The van der Waals surface area contributed by atoms with Gasteiger partial charge in [-0.05, 0) is 37.3 Å². The van der Waals surface area contributed by atoms with Crippen LogP contribution in [0.1, 0.15) is 49.7 Å². The molecule has 2 aromatic rings. The Morgan fingerprint density at radius 1 is 1.33 bits per heavy atom. The molecule has 0 aliphatic heterocycles. The van der Waals surface area contributed by atoms with Crippen LogP contribution in [0.4, 0.5) is 24.7 Å². The number of nitrogens with two attached hydrogens (primary N) is 1. The molecule has 148 valence electrons.